The van der Waals surface area contributed by atoms with Crippen LogP contribution in [0.4, 0.5) is 0 Å². The van der Waals surface area contributed by atoms with Crippen LogP contribution in [0.5, 0.6) is 0 Å². The Labute approximate surface area is 135 Å². The highest BCUT2D eigenvalue weighted by Crippen LogP contribution is 2.16. The summed E-state index contributed by atoms with van der Waals surface area (Å²) in [6.45, 7) is 2.28. The Kier molecular flexibility index (Phi) is 5.38. The molecule has 2 amide bonds. The molecule has 0 spiro atoms. The van der Waals surface area contributed by atoms with E-state index in [1.807, 2.05) is 0 Å². The normalized spacial score (nSPS) is 17.7. The van der Waals surface area contributed by atoms with Crippen molar-refractivity contribution in [2.75, 3.05) is 13.1 Å². The van der Waals surface area contributed by atoms with Gasteiger partial charge in [-0.15, -0.1) is 0 Å². The first-order chi connectivity index (χ1) is 10.8. The van der Waals surface area contributed by atoms with E-state index in [9.17, 15) is 18.0 Å². The number of hydrogen-bond acceptors (Lipinski definition) is 4. The van der Waals surface area contributed by atoms with E-state index in [1.165, 1.54) is 19.1 Å². The van der Waals surface area contributed by atoms with Crippen LogP contribution in [0.25, 0.3) is 0 Å². The molecule has 2 rings (SSSR count). The zero-order valence-corrected chi connectivity index (χ0v) is 13.8. The minimum Gasteiger partial charge on any atom is -0.369 e. The molecule has 3 N–H and O–H groups in total. The van der Waals surface area contributed by atoms with Crippen molar-refractivity contribution in [3.63, 3.8) is 0 Å². The van der Waals surface area contributed by atoms with E-state index in [0.29, 0.717) is 25.9 Å². The van der Waals surface area contributed by atoms with E-state index in [4.69, 9.17) is 5.73 Å². The number of carbonyl (C=O) groups excluding carboxylic acids is 2. The van der Waals surface area contributed by atoms with Gasteiger partial charge in [0.15, 0.2) is 0 Å². The largest absolute Gasteiger partial charge is 0.369 e. The summed E-state index contributed by atoms with van der Waals surface area (Å²) < 4.78 is 27.2. The molecule has 1 saturated heterocycles. The lowest BCUT2D eigenvalue weighted by Gasteiger charge is -2.33. The Morgan fingerprint density at radius 1 is 1.22 bits per heavy atom. The van der Waals surface area contributed by atoms with Gasteiger partial charge >= 0.3 is 0 Å². The van der Waals surface area contributed by atoms with Crippen LogP contribution in [0.3, 0.4) is 0 Å². The molecule has 0 aromatic heterocycles. The second-order valence-corrected chi connectivity index (χ2v) is 7.37. The maximum absolute atomic E-state index is 12.3. The molecule has 0 radical (unpaired) electrons. The predicted octanol–water partition coefficient (Wildman–Crippen LogP) is 0.0773. The second kappa shape index (κ2) is 7.10. The minimum absolute atomic E-state index is 0.223. The summed E-state index contributed by atoms with van der Waals surface area (Å²) in [5.41, 5.74) is 5.14. The van der Waals surface area contributed by atoms with Crippen molar-refractivity contribution in [1.29, 1.82) is 0 Å². The quantitative estimate of drug-likeness (QED) is 0.740. The summed E-state index contributed by atoms with van der Waals surface area (Å²) >= 11 is 0. The van der Waals surface area contributed by atoms with E-state index >= 15 is 0 Å². The third-order valence-corrected chi connectivity index (χ3v) is 5.52. The minimum atomic E-state index is -3.55. The summed E-state index contributed by atoms with van der Waals surface area (Å²) in [5, 5.41) is 0. The van der Waals surface area contributed by atoms with Crippen molar-refractivity contribution < 1.29 is 18.0 Å². The third kappa shape index (κ3) is 4.29. The van der Waals surface area contributed by atoms with Crippen molar-refractivity contribution in [2.45, 2.75) is 30.7 Å². The first-order valence-electron chi connectivity index (χ1n) is 7.47. The number of nitrogens with two attached hydrogens (primary N) is 1. The predicted molar refractivity (Wildman–Crippen MR) is 84.7 cm³/mol. The summed E-state index contributed by atoms with van der Waals surface area (Å²) in [5.74, 6) is -1.81. The number of sulfonamides is 1. The monoisotopic (exact) mass is 339 g/mol. The van der Waals surface area contributed by atoms with E-state index < -0.39 is 21.8 Å². The molecule has 1 atom stereocenters. The molecule has 1 aromatic rings. The molecule has 0 bridgehead atoms. The van der Waals surface area contributed by atoms with E-state index in [-0.39, 0.29) is 16.8 Å². The van der Waals surface area contributed by atoms with Gasteiger partial charge in [-0.1, -0.05) is 18.2 Å². The molecule has 7 nitrogen and oxygen atoms in total. The Bertz CT molecular complexity index is 667. The molecule has 1 aliphatic rings. The van der Waals surface area contributed by atoms with Crippen molar-refractivity contribution in [1.82, 2.24) is 9.62 Å². The van der Waals surface area contributed by atoms with Gasteiger partial charge < -0.3 is 10.6 Å². The molecule has 1 fully saturated rings. The van der Waals surface area contributed by atoms with Crippen LogP contribution in [0.2, 0.25) is 0 Å². The topological polar surface area (TPSA) is 110 Å². The number of amides is 2. The van der Waals surface area contributed by atoms with Crippen LogP contribution in [-0.2, 0) is 19.6 Å². The molecule has 1 aromatic carbocycles. The maximum atomic E-state index is 12.3. The summed E-state index contributed by atoms with van der Waals surface area (Å²) in [4.78, 5) is 24.9. The number of carbonyl (C=O) groups is 2. The van der Waals surface area contributed by atoms with Crippen molar-refractivity contribution in [3.05, 3.63) is 30.3 Å². The number of benzene rings is 1. The van der Waals surface area contributed by atoms with Gasteiger partial charge in [0.25, 0.3) is 0 Å². The molecule has 8 heteroatoms. The zero-order valence-electron chi connectivity index (χ0n) is 12.9. The summed E-state index contributed by atoms with van der Waals surface area (Å²) in [7, 11) is -3.55. The maximum Gasteiger partial charge on any atom is 0.240 e. The summed E-state index contributed by atoms with van der Waals surface area (Å²) in [6.07, 6.45) is 1.01. The Morgan fingerprint density at radius 3 is 2.30 bits per heavy atom. The van der Waals surface area contributed by atoms with Crippen molar-refractivity contribution in [3.8, 4) is 0 Å². The van der Waals surface area contributed by atoms with Crippen LogP contribution in [0.15, 0.2) is 35.2 Å². The molecule has 126 valence electrons. The van der Waals surface area contributed by atoms with Crippen LogP contribution >= 0.6 is 0 Å². The average molecular weight is 339 g/mol. The van der Waals surface area contributed by atoms with Gasteiger partial charge in [0.05, 0.1) is 4.90 Å². The number of likely N-dealkylation sites (tertiary alicyclic amines) is 1. The summed E-state index contributed by atoms with van der Waals surface area (Å²) in [6, 6.07) is 7.93. The highest BCUT2D eigenvalue weighted by molar-refractivity contribution is 7.89. The Morgan fingerprint density at radius 2 is 1.78 bits per heavy atom. The highest BCUT2D eigenvalue weighted by atomic mass is 32.2. The second-order valence-electron chi connectivity index (χ2n) is 5.66. The number of hydrogen-bond donors (Lipinski definition) is 2. The number of piperidine rings is 1. The molecule has 1 unspecified atom stereocenters. The van der Waals surface area contributed by atoms with E-state index in [1.54, 1.807) is 23.1 Å². The van der Waals surface area contributed by atoms with Gasteiger partial charge in [0, 0.05) is 19.1 Å². The fourth-order valence-corrected chi connectivity index (χ4v) is 3.83. The van der Waals surface area contributed by atoms with Gasteiger partial charge in [0.1, 0.15) is 5.92 Å². The highest BCUT2D eigenvalue weighted by Gasteiger charge is 2.30. The van der Waals surface area contributed by atoms with Crippen molar-refractivity contribution in [2.24, 2.45) is 11.7 Å². The van der Waals surface area contributed by atoms with Crippen LogP contribution in [0, 0.1) is 5.92 Å². The Hall–Kier alpha value is -1.93. The smallest absolute Gasteiger partial charge is 0.240 e. The SMILES string of the molecule is CC(C(N)=O)C(=O)N1CCC(NS(=O)(=O)c2ccccc2)CC1. The fourth-order valence-electron chi connectivity index (χ4n) is 2.50. The molecular formula is C15H21N3O4S. The first kappa shape index (κ1) is 17.4. The third-order valence-electron chi connectivity index (χ3n) is 3.98. The molecule has 1 heterocycles. The van der Waals surface area contributed by atoms with E-state index in [0.717, 1.165) is 0 Å². The zero-order chi connectivity index (χ0) is 17.0. The van der Waals surface area contributed by atoms with Crippen LogP contribution in [0.1, 0.15) is 19.8 Å². The molecule has 0 saturated carbocycles. The van der Waals surface area contributed by atoms with E-state index in [2.05, 4.69) is 4.72 Å². The van der Waals surface area contributed by atoms with Gasteiger partial charge in [0.2, 0.25) is 21.8 Å². The lowest BCUT2D eigenvalue weighted by atomic mass is 10.0. The molecule has 23 heavy (non-hydrogen) atoms. The number of nitrogens with zero attached hydrogens (tertiary/aromatic N) is 1. The number of nitrogens with one attached hydrogen (secondary N) is 1. The number of rotatable bonds is 5. The van der Waals surface area contributed by atoms with Gasteiger partial charge in [-0.3, -0.25) is 9.59 Å². The fraction of sp³-hybridized carbons (Fsp3) is 0.467. The van der Waals surface area contributed by atoms with Gasteiger partial charge in [-0.25, -0.2) is 13.1 Å². The van der Waals surface area contributed by atoms with Gasteiger partial charge in [-0.2, -0.15) is 0 Å². The lowest BCUT2D eigenvalue weighted by Crippen LogP contribution is -2.49. The first-order valence-corrected chi connectivity index (χ1v) is 8.95. The standard InChI is InChI=1S/C15H21N3O4S/c1-11(14(16)19)15(20)18-9-7-12(8-10-18)17-23(21,22)13-5-3-2-4-6-13/h2-6,11-12,17H,7-10H2,1H3,(H2,16,19). The van der Waals surface area contributed by atoms with Crippen LogP contribution in [-0.4, -0.2) is 44.3 Å². The molecule has 0 aliphatic carbocycles. The molecule has 1 aliphatic heterocycles. The molecular weight excluding hydrogens is 318 g/mol. The average Bonchev–Trinajstić information content (AvgIpc) is 2.54. The van der Waals surface area contributed by atoms with Crippen LogP contribution < -0.4 is 10.5 Å². The lowest BCUT2D eigenvalue weighted by molar-refractivity contribution is -0.141. The Balaban J connectivity index is 1.93. The van der Waals surface area contributed by atoms with Crippen molar-refractivity contribution >= 4 is 21.8 Å². The van der Waals surface area contributed by atoms with Gasteiger partial charge in [-0.05, 0) is 31.9 Å². The number of primary amides is 1.